The van der Waals surface area contributed by atoms with Crippen LogP contribution in [0.2, 0.25) is 0 Å². The van der Waals surface area contributed by atoms with Gasteiger partial charge in [-0.3, -0.25) is 4.98 Å². The minimum Gasteiger partial charge on any atom is -0.254 e. The first kappa shape index (κ1) is 8.31. The van der Waals surface area contributed by atoms with Gasteiger partial charge in [0.15, 0.2) is 5.01 Å². The van der Waals surface area contributed by atoms with E-state index in [1.54, 1.807) is 17.5 Å². The number of hydrogen-bond acceptors (Lipinski definition) is 4. The molecule has 4 heteroatoms. The number of hydrogen-bond donors (Lipinski definition) is 0. The second-order valence-corrected chi connectivity index (χ2v) is 3.63. The van der Waals surface area contributed by atoms with Crippen LogP contribution >= 0.6 is 11.3 Å². The summed E-state index contributed by atoms with van der Waals surface area (Å²) in [5, 5.41) is 10.1. The predicted molar refractivity (Wildman–Crippen MR) is 52.5 cm³/mol. The van der Waals surface area contributed by atoms with E-state index in [0.717, 1.165) is 22.1 Å². The largest absolute Gasteiger partial charge is 0.254 e. The summed E-state index contributed by atoms with van der Waals surface area (Å²) in [6.07, 6.45) is 2.70. The Kier molecular flexibility index (Phi) is 2.31. The van der Waals surface area contributed by atoms with Crippen LogP contribution in [0.1, 0.15) is 11.9 Å². The van der Waals surface area contributed by atoms with E-state index in [1.165, 1.54) is 0 Å². The molecule has 3 nitrogen and oxygen atoms in total. The van der Waals surface area contributed by atoms with Crippen molar-refractivity contribution in [3.05, 3.63) is 29.4 Å². The highest BCUT2D eigenvalue weighted by molar-refractivity contribution is 7.14. The highest BCUT2D eigenvalue weighted by Crippen LogP contribution is 2.20. The van der Waals surface area contributed by atoms with Crippen molar-refractivity contribution in [2.75, 3.05) is 0 Å². The highest BCUT2D eigenvalue weighted by atomic mass is 32.1. The Morgan fingerprint density at radius 1 is 1.31 bits per heavy atom. The van der Waals surface area contributed by atoms with Crippen LogP contribution in [0.4, 0.5) is 0 Å². The zero-order chi connectivity index (χ0) is 9.10. The molecular weight excluding hydrogens is 182 g/mol. The number of nitrogens with zero attached hydrogens (tertiary/aromatic N) is 3. The van der Waals surface area contributed by atoms with E-state index in [0.29, 0.717) is 0 Å². The normalized spacial score (nSPS) is 10.2. The third-order valence-corrected chi connectivity index (χ3v) is 2.74. The van der Waals surface area contributed by atoms with Crippen LogP contribution in [0.3, 0.4) is 0 Å². The van der Waals surface area contributed by atoms with E-state index < -0.39 is 0 Å². The summed E-state index contributed by atoms with van der Waals surface area (Å²) < 4.78 is 0. The summed E-state index contributed by atoms with van der Waals surface area (Å²) >= 11 is 1.60. The first-order valence-electron chi connectivity index (χ1n) is 4.14. The lowest BCUT2D eigenvalue weighted by atomic mass is 10.4. The second-order valence-electron chi connectivity index (χ2n) is 2.57. The van der Waals surface area contributed by atoms with Gasteiger partial charge >= 0.3 is 0 Å². The van der Waals surface area contributed by atoms with Crippen molar-refractivity contribution < 1.29 is 0 Å². The Morgan fingerprint density at radius 3 is 2.85 bits per heavy atom. The molecular formula is C9H9N3S. The van der Waals surface area contributed by atoms with Crippen molar-refractivity contribution >= 4 is 11.3 Å². The highest BCUT2D eigenvalue weighted by Gasteiger charge is 2.04. The van der Waals surface area contributed by atoms with E-state index in [4.69, 9.17) is 0 Å². The third-order valence-electron chi connectivity index (χ3n) is 1.65. The topological polar surface area (TPSA) is 38.7 Å². The minimum atomic E-state index is 0.900. The average molecular weight is 191 g/mol. The van der Waals surface area contributed by atoms with Gasteiger partial charge in [0.05, 0.1) is 0 Å². The van der Waals surface area contributed by atoms with Crippen LogP contribution in [0.15, 0.2) is 24.4 Å². The summed E-state index contributed by atoms with van der Waals surface area (Å²) in [6, 6.07) is 5.79. The zero-order valence-electron chi connectivity index (χ0n) is 7.27. The first-order chi connectivity index (χ1) is 6.40. The molecule has 0 unspecified atom stereocenters. The Labute approximate surface area is 80.5 Å². The Bertz CT molecular complexity index is 383. The molecule has 66 valence electrons. The van der Waals surface area contributed by atoms with Crippen LogP contribution < -0.4 is 0 Å². The number of aryl methyl sites for hydroxylation is 1. The SMILES string of the molecule is CCc1nnc(-c2ccccn2)s1. The maximum absolute atomic E-state index is 4.20. The van der Waals surface area contributed by atoms with Gasteiger partial charge in [0, 0.05) is 6.20 Å². The lowest BCUT2D eigenvalue weighted by Gasteiger charge is -1.90. The number of aromatic nitrogens is 3. The average Bonchev–Trinajstić information content (AvgIpc) is 2.67. The van der Waals surface area contributed by atoms with Gasteiger partial charge in [-0.25, -0.2) is 0 Å². The number of rotatable bonds is 2. The van der Waals surface area contributed by atoms with Crippen LogP contribution in [0.5, 0.6) is 0 Å². The van der Waals surface area contributed by atoms with Gasteiger partial charge in [-0.1, -0.05) is 24.3 Å². The molecule has 13 heavy (non-hydrogen) atoms. The van der Waals surface area contributed by atoms with Crippen LogP contribution in [0, 0.1) is 0 Å². The summed E-state index contributed by atoms with van der Waals surface area (Å²) in [7, 11) is 0. The molecule has 0 atom stereocenters. The van der Waals surface area contributed by atoms with Crippen molar-refractivity contribution in [2.24, 2.45) is 0 Å². The molecule has 0 fully saturated rings. The van der Waals surface area contributed by atoms with Gasteiger partial charge in [-0.05, 0) is 18.6 Å². The van der Waals surface area contributed by atoms with E-state index in [9.17, 15) is 0 Å². The fourth-order valence-corrected chi connectivity index (χ4v) is 1.75. The molecule has 0 radical (unpaired) electrons. The molecule has 0 saturated heterocycles. The molecule has 2 aromatic heterocycles. The van der Waals surface area contributed by atoms with Crippen molar-refractivity contribution in [3.63, 3.8) is 0 Å². The van der Waals surface area contributed by atoms with E-state index >= 15 is 0 Å². The molecule has 0 aliphatic carbocycles. The Morgan fingerprint density at radius 2 is 2.23 bits per heavy atom. The molecule has 0 aromatic carbocycles. The molecule has 2 heterocycles. The zero-order valence-corrected chi connectivity index (χ0v) is 8.08. The van der Waals surface area contributed by atoms with Crippen molar-refractivity contribution in [3.8, 4) is 10.7 Å². The molecule has 0 N–H and O–H groups in total. The first-order valence-corrected chi connectivity index (χ1v) is 4.95. The molecule has 0 amide bonds. The molecule has 2 rings (SSSR count). The lowest BCUT2D eigenvalue weighted by molar-refractivity contribution is 0.984. The monoisotopic (exact) mass is 191 g/mol. The van der Waals surface area contributed by atoms with Gasteiger partial charge in [-0.15, -0.1) is 10.2 Å². The fourth-order valence-electron chi connectivity index (χ4n) is 0.989. The van der Waals surface area contributed by atoms with Gasteiger partial charge in [0.2, 0.25) is 0 Å². The van der Waals surface area contributed by atoms with Crippen molar-refractivity contribution in [1.82, 2.24) is 15.2 Å². The standard InChI is InChI=1S/C9H9N3S/c1-2-8-11-12-9(13-8)7-5-3-4-6-10-7/h3-6H,2H2,1H3. The molecule has 0 spiro atoms. The van der Waals surface area contributed by atoms with Crippen LogP contribution in [-0.4, -0.2) is 15.2 Å². The molecule has 0 saturated carbocycles. The Hall–Kier alpha value is -1.29. The second kappa shape index (κ2) is 3.62. The van der Waals surface area contributed by atoms with Gasteiger partial charge in [0.1, 0.15) is 10.7 Å². The predicted octanol–water partition coefficient (Wildman–Crippen LogP) is 2.16. The Balaban J connectivity index is 2.36. The molecule has 2 aromatic rings. The maximum Gasteiger partial charge on any atom is 0.166 e. The molecule has 0 aliphatic heterocycles. The van der Waals surface area contributed by atoms with Gasteiger partial charge in [0.25, 0.3) is 0 Å². The smallest absolute Gasteiger partial charge is 0.166 e. The summed E-state index contributed by atoms with van der Waals surface area (Å²) in [5.74, 6) is 0. The van der Waals surface area contributed by atoms with Crippen LogP contribution in [-0.2, 0) is 6.42 Å². The molecule has 0 bridgehead atoms. The summed E-state index contributed by atoms with van der Waals surface area (Å²) in [6.45, 7) is 2.07. The van der Waals surface area contributed by atoms with Crippen molar-refractivity contribution in [1.29, 1.82) is 0 Å². The van der Waals surface area contributed by atoms with Crippen molar-refractivity contribution in [2.45, 2.75) is 13.3 Å². The third kappa shape index (κ3) is 1.72. The van der Waals surface area contributed by atoms with Crippen LogP contribution in [0.25, 0.3) is 10.7 Å². The quantitative estimate of drug-likeness (QED) is 0.730. The van der Waals surface area contributed by atoms with Gasteiger partial charge < -0.3 is 0 Å². The molecule has 0 aliphatic rings. The summed E-state index contributed by atoms with van der Waals surface area (Å²) in [5.41, 5.74) is 0.903. The van der Waals surface area contributed by atoms with Gasteiger partial charge in [-0.2, -0.15) is 0 Å². The summed E-state index contributed by atoms with van der Waals surface area (Å²) in [4.78, 5) is 4.20. The van der Waals surface area contributed by atoms with E-state index in [-0.39, 0.29) is 0 Å². The van der Waals surface area contributed by atoms with E-state index in [2.05, 4.69) is 22.1 Å². The van der Waals surface area contributed by atoms with E-state index in [1.807, 2.05) is 18.2 Å². The number of pyridine rings is 1. The lowest BCUT2D eigenvalue weighted by Crippen LogP contribution is -1.80. The maximum atomic E-state index is 4.20. The minimum absolute atomic E-state index is 0.900. The fraction of sp³-hybridized carbons (Fsp3) is 0.222.